The molecule has 0 radical (unpaired) electrons. The van der Waals surface area contributed by atoms with E-state index in [4.69, 9.17) is 4.42 Å². The van der Waals surface area contributed by atoms with E-state index in [9.17, 15) is 4.79 Å². The van der Waals surface area contributed by atoms with E-state index in [1.165, 1.54) is 28.6 Å². The summed E-state index contributed by atoms with van der Waals surface area (Å²) in [6.07, 6.45) is 7.73. The Balaban J connectivity index is 1.38. The highest BCUT2D eigenvalue weighted by Gasteiger charge is 2.20. The summed E-state index contributed by atoms with van der Waals surface area (Å²) in [6.45, 7) is 0. The fraction of sp³-hybridized carbons (Fsp3) is 0.278. The smallest absolute Gasteiger partial charge is 0.277 e. The third-order valence-corrected chi connectivity index (χ3v) is 6.56. The number of fused-ring (bicyclic) bond motifs is 3. The molecule has 1 N–H and O–H groups in total. The number of hydrogen-bond acceptors (Lipinski definition) is 8. The van der Waals surface area contributed by atoms with Crippen LogP contribution >= 0.6 is 23.1 Å². The van der Waals surface area contributed by atoms with Gasteiger partial charge in [0.25, 0.3) is 10.8 Å². The van der Waals surface area contributed by atoms with Crippen molar-refractivity contribution in [1.82, 2.24) is 25.1 Å². The number of H-pyrrole nitrogens is 1. The van der Waals surface area contributed by atoms with Crippen molar-refractivity contribution in [1.29, 1.82) is 0 Å². The molecule has 9 heteroatoms. The van der Waals surface area contributed by atoms with Crippen LogP contribution in [0, 0.1) is 0 Å². The number of aryl methyl sites for hydroxylation is 2. The maximum absolute atomic E-state index is 12.6. The Labute approximate surface area is 162 Å². The number of aromatic amines is 1. The molecule has 1 aliphatic carbocycles. The summed E-state index contributed by atoms with van der Waals surface area (Å²) in [5.74, 6) is 1.54. The molecule has 0 aromatic carbocycles. The van der Waals surface area contributed by atoms with E-state index in [0.717, 1.165) is 35.0 Å². The molecule has 0 spiro atoms. The molecule has 0 amide bonds. The lowest BCUT2D eigenvalue weighted by atomic mass is 9.97. The summed E-state index contributed by atoms with van der Waals surface area (Å²) in [4.78, 5) is 26.3. The van der Waals surface area contributed by atoms with Gasteiger partial charge in [-0.3, -0.25) is 9.78 Å². The lowest BCUT2D eigenvalue weighted by Gasteiger charge is -2.09. The maximum Gasteiger partial charge on any atom is 0.277 e. The molecular weight excluding hydrogens is 382 g/mol. The SMILES string of the molecule is O=c1[nH]c(CSc2nnc(-c3ccncc3)o2)nc2sc3c(c12)CCCC3. The highest BCUT2D eigenvalue weighted by Crippen LogP contribution is 2.34. The highest BCUT2D eigenvalue weighted by molar-refractivity contribution is 7.98. The minimum Gasteiger partial charge on any atom is -0.411 e. The second kappa shape index (κ2) is 6.90. The number of aromatic nitrogens is 5. The van der Waals surface area contributed by atoms with Crippen LogP contribution in [0.2, 0.25) is 0 Å². The molecule has 0 saturated heterocycles. The van der Waals surface area contributed by atoms with Gasteiger partial charge in [0.2, 0.25) is 5.89 Å². The van der Waals surface area contributed by atoms with Crippen molar-refractivity contribution < 1.29 is 4.42 Å². The Morgan fingerprint density at radius 2 is 2.04 bits per heavy atom. The minimum atomic E-state index is -0.0435. The summed E-state index contributed by atoms with van der Waals surface area (Å²) >= 11 is 3.01. The zero-order valence-corrected chi connectivity index (χ0v) is 15.9. The topological polar surface area (TPSA) is 97.6 Å². The van der Waals surface area contributed by atoms with Crippen molar-refractivity contribution in [3.8, 4) is 11.5 Å². The van der Waals surface area contributed by atoms with Gasteiger partial charge in [0.15, 0.2) is 0 Å². The first-order valence-corrected chi connectivity index (χ1v) is 10.5. The summed E-state index contributed by atoms with van der Waals surface area (Å²) < 4.78 is 5.67. The molecule has 4 heterocycles. The lowest BCUT2D eigenvalue weighted by Crippen LogP contribution is -2.12. The van der Waals surface area contributed by atoms with Gasteiger partial charge in [-0.1, -0.05) is 11.8 Å². The Morgan fingerprint density at radius 1 is 1.19 bits per heavy atom. The minimum absolute atomic E-state index is 0.0435. The van der Waals surface area contributed by atoms with Crippen molar-refractivity contribution in [2.75, 3.05) is 0 Å². The number of pyridine rings is 1. The molecule has 0 aliphatic heterocycles. The molecule has 0 fully saturated rings. The Morgan fingerprint density at radius 3 is 2.93 bits per heavy atom. The van der Waals surface area contributed by atoms with Crippen LogP contribution in [0.1, 0.15) is 29.1 Å². The van der Waals surface area contributed by atoms with Crippen LogP contribution in [0.4, 0.5) is 0 Å². The molecule has 1 aliphatic rings. The van der Waals surface area contributed by atoms with Crippen LogP contribution in [0.25, 0.3) is 21.7 Å². The number of rotatable bonds is 4. The largest absolute Gasteiger partial charge is 0.411 e. The van der Waals surface area contributed by atoms with Crippen LogP contribution in [-0.2, 0) is 18.6 Å². The quantitative estimate of drug-likeness (QED) is 0.525. The second-order valence-electron chi connectivity index (χ2n) is 6.30. The van der Waals surface area contributed by atoms with Crippen LogP contribution in [-0.4, -0.2) is 25.1 Å². The van der Waals surface area contributed by atoms with Gasteiger partial charge in [-0.15, -0.1) is 21.5 Å². The van der Waals surface area contributed by atoms with Crippen molar-refractivity contribution >= 4 is 33.3 Å². The monoisotopic (exact) mass is 397 g/mol. The average molecular weight is 397 g/mol. The van der Waals surface area contributed by atoms with E-state index in [2.05, 4.69) is 25.1 Å². The van der Waals surface area contributed by atoms with E-state index < -0.39 is 0 Å². The number of nitrogens with zero attached hydrogens (tertiary/aromatic N) is 4. The van der Waals surface area contributed by atoms with Crippen LogP contribution in [0.5, 0.6) is 0 Å². The predicted octanol–water partition coefficient (Wildman–Crippen LogP) is 3.60. The van der Waals surface area contributed by atoms with Gasteiger partial charge < -0.3 is 9.40 Å². The molecule has 0 bridgehead atoms. The van der Waals surface area contributed by atoms with E-state index in [1.54, 1.807) is 23.7 Å². The number of thioether (sulfide) groups is 1. The van der Waals surface area contributed by atoms with Crippen molar-refractivity contribution in [3.05, 3.63) is 51.1 Å². The molecule has 0 saturated carbocycles. The third-order valence-electron chi connectivity index (χ3n) is 4.54. The summed E-state index contributed by atoms with van der Waals surface area (Å²) in [5, 5.41) is 9.33. The molecule has 5 rings (SSSR count). The zero-order chi connectivity index (χ0) is 18.2. The van der Waals surface area contributed by atoms with Crippen LogP contribution in [0.15, 0.2) is 39.0 Å². The third kappa shape index (κ3) is 3.17. The Hall–Kier alpha value is -2.52. The Kier molecular flexibility index (Phi) is 4.25. The standard InChI is InChI=1S/C18H15N5O2S2/c24-15-14-11-3-1-2-4-12(11)27-17(14)21-13(20-15)9-26-18-23-22-16(25-18)10-5-7-19-8-6-10/h5-8H,1-4,9H2,(H,20,21,24). The fourth-order valence-corrected chi connectivity index (χ4v) is 5.20. The first-order chi connectivity index (χ1) is 13.3. The first kappa shape index (κ1) is 16.6. The van der Waals surface area contributed by atoms with E-state index in [1.807, 2.05) is 12.1 Å². The highest BCUT2D eigenvalue weighted by atomic mass is 32.2. The molecule has 0 unspecified atom stereocenters. The summed E-state index contributed by atoms with van der Waals surface area (Å²) in [5.41, 5.74) is 1.98. The predicted molar refractivity (Wildman–Crippen MR) is 104 cm³/mol. The van der Waals surface area contributed by atoms with Gasteiger partial charge in [-0.2, -0.15) is 0 Å². The molecule has 4 aromatic rings. The molecule has 7 nitrogen and oxygen atoms in total. The van der Waals surface area contributed by atoms with Gasteiger partial charge in [0, 0.05) is 22.8 Å². The van der Waals surface area contributed by atoms with Crippen molar-refractivity contribution in [2.45, 2.75) is 36.7 Å². The number of nitrogens with one attached hydrogen (secondary N) is 1. The van der Waals surface area contributed by atoms with Gasteiger partial charge in [0.05, 0.1) is 11.1 Å². The van der Waals surface area contributed by atoms with Gasteiger partial charge >= 0.3 is 0 Å². The van der Waals surface area contributed by atoms with E-state index in [0.29, 0.717) is 22.7 Å². The van der Waals surface area contributed by atoms with Crippen LogP contribution in [0.3, 0.4) is 0 Å². The molecular formula is C18H15N5O2S2. The molecule has 136 valence electrons. The maximum atomic E-state index is 12.6. The fourth-order valence-electron chi connectivity index (χ4n) is 3.29. The summed E-state index contributed by atoms with van der Waals surface area (Å²) in [6, 6.07) is 3.63. The van der Waals surface area contributed by atoms with Gasteiger partial charge in [-0.25, -0.2) is 4.98 Å². The van der Waals surface area contributed by atoms with Gasteiger partial charge in [0.1, 0.15) is 10.7 Å². The second-order valence-corrected chi connectivity index (χ2v) is 8.31. The van der Waals surface area contributed by atoms with E-state index in [-0.39, 0.29) is 5.56 Å². The number of hydrogen-bond donors (Lipinski definition) is 1. The van der Waals surface area contributed by atoms with Crippen molar-refractivity contribution in [2.24, 2.45) is 0 Å². The molecule has 0 atom stereocenters. The van der Waals surface area contributed by atoms with Crippen molar-refractivity contribution in [3.63, 3.8) is 0 Å². The summed E-state index contributed by atoms with van der Waals surface area (Å²) in [7, 11) is 0. The molecule has 27 heavy (non-hydrogen) atoms. The van der Waals surface area contributed by atoms with Gasteiger partial charge in [-0.05, 0) is 43.4 Å². The van der Waals surface area contributed by atoms with E-state index >= 15 is 0 Å². The Bertz CT molecular complexity index is 1170. The zero-order valence-electron chi connectivity index (χ0n) is 14.3. The first-order valence-electron chi connectivity index (χ1n) is 8.68. The average Bonchev–Trinajstić information content (AvgIpc) is 3.31. The number of thiophene rings is 1. The molecule has 4 aromatic heterocycles. The normalized spacial score (nSPS) is 13.8. The van der Waals surface area contributed by atoms with Crippen LogP contribution < -0.4 is 5.56 Å². The lowest BCUT2D eigenvalue weighted by molar-refractivity contribution is 0.465.